The molecule has 0 atom stereocenters. The molecular formula is C25H53N. The second-order valence-electron chi connectivity index (χ2n) is 8.53. The Balaban J connectivity index is 3.63. The molecule has 0 saturated heterocycles. The predicted molar refractivity (Wildman–Crippen MR) is 121 cm³/mol. The van der Waals surface area contributed by atoms with Crippen molar-refractivity contribution in [2.75, 3.05) is 6.54 Å². The van der Waals surface area contributed by atoms with E-state index in [0.717, 1.165) is 6.04 Å². The molecule has 0 aliphatic carbocycles. The van der Waals surface area contributed by atoms with E-state index in [2.05, 4.69) is 26.1 Å². The number of rotatable bonds is 22. The fourth-order valence-corrected chi connectivity index (χ4v) is 3.88. The molecule has 0 aliphatic rings. The number of nitrogens with one attached hydrogen (secondary N) is 1. The molecule has 1 heteroatoms. The first kappa shape index (κ1) is 26.0. The van der Waals surface area contributed by atoms with E-state index in [4.69, 9.17) is 0 Å². The monoisotopic (exact) mass is 367 g/mol. The highest BCUT2D eigenvalue weighted by molar-refractivity contribution is 4.67. The zero-order valence-corrected chi connectivity index (χ0v) is 18.9. The number of hydrogen-bond donors (Lipinski definition) is 1. The summed E-state index contributed by atoms with van der Waals surface area (Å²) in [6.07, 6.45) is 28.5. The molecule has 0 spiro atoms. The van der Waals surface area contributed by atoms with Crippen molar-refractivity contribution < 1.29 is 0 Å². The first-order chi connectivity index (χ1) is 12.8. The second-order valence-corrected chi connectivity index (χ2v) is 8.53. The molecule has 0 aromatic rings. The Morgan fingerprint density at radius 3 is 1.15 bits per heavy atom. The molecule has 158 valence electrons. The summed E-state index contributed by atoms with van der Waals surface area (Å²) in [4.78, 5) is 0. The lowest BCUT2D eigenvalue weighted by atomic mass is 9.99. The van der Waals surface area contributed by atoms with Crippen LogP contribution in [-0.2, 0) is 0 Å². The maximum atomic E-state index is 3.86. The summed E-state index contributed by atoms with van der Waals surface area (Å²) in [5.41, 5.74) is 0. The summed E-state index contributed by atoms with van der Waals surface area (Å²) in [5.74, 6) is 0. The van der Waals surface area contributed by atoms with E-state index in [1.54, 1.807) is 0 Å². The molecule has 1 nitrogen and oxygen atoms in total. The third-order valence-corrected chi connectivity index (χ3v) is 5.78. The number of unbranched alkanes of at least 4 members (excludes halogenated alkanes) is 15. The Labute approximate surface area is 167 Å². The summed E-state index contributed by atoms with van der Waals surface area (Å²) >= 11 is 0. The van der Waals surface area contributed by atoms with Gasteiger partial charge in [-0.3, -0.25) is 0 Å². The van der Waals surface area contributed by atoms with Crippen LogP contribution in [0.3, 0.4) is 0 Å². The van der Waals surface area contributed by atoms with Crippen LogP contribution in [0, 0.1) is 0 Å². The average molecular weight is 368 g/mol. The minimum atomic E-state index is 0.793. The Bertz CT molecular complexity index is 218. The first-order valence-electron chi connectivity index (χ1n) is 12.6. The second kappa shape index (κ2) is 23.0. The molecule has 0 saturated carbocycles. The summed E-state index contributed by atoms with van der Waals surface area (Å²) in [5, 5.41) is 3.86. The van der Waals surface area contributed by atoms with E-state index in [0.29, 0.717) is 0 Å². The predicted octanol–water partition coefficient (Wildman–Crippen LogP) is 8.81. The molecule has 0 rings (SSSR count). The van der Waals surface area contributed by atoms with Crippen molar-refractivity contribution >= 4 is 0 Å². The molecule has 0 bridgehead atoms. The maximum absolute atomic E-state index is 3.86. The van der Waals surface area contributed by atoms with Crippen LogP contribution in [-0.4, -0.2) is 12.6 Å². The van der Waals surface area contributed by atoms with Gasteiger partial charge in [0.05, 0.1) is 0 Å². The molecular weight excluding hydrogens is 314 g/mol. The SMILES string of the molecule is CCCCCCCCCCC(CCCCCCCCCC)NCCCC. The molecule has 0 aliphatic heterocycles. The molecule has 1 N–H and O–H groups in total. The Hall–Kier alpha value is -0.0400. The summed E-state index contributed by atoms with van der Waals surface area (Å²) < 4.78 is 0. The lowest BCUT2D eigenvalue weighted by Crippen LogP contribution is -2.30. The van der Waals surface area contributed by atoms with Crippen molar-refractivity contribution in [3.05, 3.63) is 0 Å². The smallest absolute Gasteiger partial charge is 0.00670 e. The molecule has 0 amide bonds. The van der Waals surface area contributed by atoms with Crippen molar-refractivity contribution in [2.45, 2.75) is 155 Å². The van der Waals surface area contributed by atoms with Crippen LogP contribution in [0.4, 0.5) is 0 Å². The van der Waals surface area contributed by atoms with Crippen molar-refractivity contribution in [3.63, 3.8) is 0 Å². The summed E-state index contributed by atoms with van der Waals surface area (Å²) in [7, 11) is 0. The van der Waals surface area contributed by atoms with Crippen LogP contribution in [0.25, 0.3) is 0 Å². The fraction of sp³-hybridized carbons (Fsp3) is 1.00. The van der Waals surface area contributed by atoms with Crippen LogP contribution in [0.5, 0.6) is 0 Å². The standard InChI is InChI=1S/C25H53N/c1-4-7-10-12-14-16-18-20-22-25(26-24-9-6-3)23-21-19-17-15-13-11-8-5-2/h25-26H,4-24H2,1-3H3. The van der Waals surface area contributed by atoms with E-state index >= 15 is 0 Å². The molecule has 0 radical (unpaired) electrons. The lowest BCUT2D eigenvalue weighted by Gasteiger charge is -2.19. The van der Waals surface area contributed by atoms with E-state index in [1.807, 2.05) is 0 Å². The van der Waals surface area contributed by atoms with Crippen LogP contribution in [0.15, 0.2) is 0 Å². The van der Waals surface area contributed by atoms with Gasteiger partial charge >= 0.3 is 0 Å². The molecule has 0 fully saturated rings. The molecule has 26 heavy (non-hydrogen) atoms. The lowest BCUT2D eigenvalue weighted by molar-refractivity contribution is 0.408. The minimum Gasteiger partial charge on any atom is -0.314 e. The van der Waals surface area contributed by atoms with Gasteiger partial charge in [-0.15, -0.1) is 0 Å². The zero-order valence-electron chi connectivity index (χ0n) is 18.9. The van der Waals surface area contributed by atoms with Crippen molar-refractivity contribution in [2.24, 2.45) is 0 Å². The van der Waals surface area contributed by atoms with E-state index in [-0.39, 0.29) is 0 Å². The molecule has 0 aromatic carbocycles. The topological polar surface area (TPSA) is 12.0 Å². The van der Waals surface area contributed by atoms with Gasteiger partial charge in [-0.25, -0.2) is 0 Å². The average Bonchev–Trinajstić information content (AvgIpc) is 2.65. The zero-order chi connectivity index (χ0) is 19.1. The Morgan fingerprint density at radius 2 is 0.769 bits per heavy atom. The van der Waals surface area contributed by atoms with Gasteiger partial charge in [-0.1, -0.05) is 130 Å². The van der Waals surface area contributed by atoms with Gasteiger partial charge in [0.2, 0.25) is 0 Å². The normalized spacial score (nSPS) is 11.5. The van der Waals surface area contributed by atoms with Crippen molar-refractivity contribution in [3.8, 4) is 0 Å². The third kappa shape index (κ3) is 20.3. The molecule has 0 unspecified atom stereocenters. The summed E-state index contributed by atoms with van der Waals surface area (Å²) in [6.45, 7) is 8.14. The quantitative estimate of drug-likeness (QED) is 0.188. The van der Waals surface area contributed by atoms with Gasteiger partial charge in [0.1, 0.15) is 0 Å². The van der Waals surface area contributed by atoms with Gasteiger partial charge in [0, 0.05) is 6.04 Å². The Morgan fingerprint density at radius 1 is 0.423 bits per heavy atom. The number of hydrogen-bond acceptors (Lipinski definition) is 1. The van der Waals surface area contributed by atoms with E-state index < -0.39 is 0 Å². The van der Waals surface area contributed by atoms with Crippen molar-refractivity contribution in [1.29, 1.82) is 0 Å². The Kier molecular flexibility index (Phi) is 23.0. The first-order valence-corrected chi connectivity index (χ1v) is 12.6. The van der Waals surface area contributed by atoms with Gasteiger partial charge in [0.15, 0.2) is 0 Å². The molecule has 0 heterocycles. The fourth-order valence-electron chi connectivity index (χ4n) is 3.88. The van der Waals surface area contributed by atoms with Crippen LogP contribution < -0.4 is 5.32 Å². The third-order valence-electron chi connectivity index (χ3n) is 5.78. The molecule has 0 aromatic heterocycles. The van der Waals surface area contributed by atoms with Crippen LogP contribution in [0.2, 0.25) is 0 Å². The maximum Gasteiger partial charge on any atom is 0.00670 e. The van der Waals surface area contributed by atoms with Crippen LogP contribution >= 0.6 is 0 Å². The van der Waals surface area contributed by atoms with Crippen molar-refractivity contribution in [1.82, 2.24) is 5.32 Å². The van der Waals surface area contributed by atoms with Gasteiger partial charge in [0.25, 0.3) is 0 Å². The highest BCUT2D eigenvalue weighted by Gasteiger charge is 2.07. The minimum absolute atomic E-state index is 0.793. The van der Waals surface area contributed by atoms with Crippen LogP contribution in [0.1, 0.15) is 149 Å². The van der Waals surface area contributed by atoms with Gasteiger partial charge < -0.3 is 5.32 Å². The van der Waals surface area contributed by atoms with Gasteiger partial charge in [-0.2, -0.15) is 0 Å². The van der Waals surface area contributed by atoms with E-state index in [1.165, 1.54) is 135 Å². The highest BCUT2D eigenvalue weighted by Crippen LogP contribution is 2.15. The van der Waals surface area contributed by atoms with E-state index in [9.17, 15) is 0 Å². The van der Waals surface area contributed by atoms with Gasteiger partial charge in [-0.05, 0) is 25.8 Å². The largest absolute Gasteiger partial charge is 0.314 e. The summed E-state index contributed by atoms with van der Waals surface area (Å²) in [6, 6.07) is 0.793. The highest BCUT2D eigenvalue weighted by atomic mass is 14.9.